The molecular weight excluding hydrogens is 335 g/mol. The third-order valence-electron chi connectivity index (χ3n) is 2.08. The number of furan rings is 1. The molecule has 1 aromatic carbocycles. The Labute approximate surface area is 111 Å². The summed E-state index contributed by atoms with van der Waals surface area (Å²) in [5.41, 5.74) is 0.131. The lowest BCUT2D eigenvalue weighted by Crippen LogP contribution is -1.95. The van der Waals surface area contributed by atoms with E-state index in [9.17, 15) is 4.79 Å². The minimum Gasteiger partial charge on any atom is -0.486 e. The van der Waals surface area contributed by atoms with Gasteiger partial charge in [-0.2, -0.15) is 0 Å². The molecule has 88 valence electrons. The van der Waals surface area contributed by atoms with Crippen LogP contribution in [0.3, 0.4) is 0 Å². The maximum atomic E-state index is 10.6. The molecular formula is C12H9IO4. The van der Waals surface area contributed by atoms with E-state index in [0.29, 0.717) is 5.76 Å². The molecule has 5 heteroatoms. The Morgan fingerprint density at radius 2 is 2.24 bits per heavy atom. The van der Waals surface area contributed by atoms with Gasteiger partial charge in [0.2, 0.25) is 0 Å². The van der Waals surface area contributed by atoms with E-state index in [1.54, 1.807) is 0 Å². The molecule has 2 rings (SSSR count). The third kappa shape index (κ3) is 3.23. The zero-order valence-corrected chi connectivity index (χ0v) is 10.9. The van der Waals surface area contributed by atoms with Crippen molar-refractivity contribution in [3.05, 3.63) is 51.5 Å². The van der Waals surface area contributed by atoms with Gasteiger partial charge >= 0.3 is 5.97 Å². The number of carbonyl (C=O) groups is 1. The number of hydrogen-bond donors (Lipinski definition) is 1. The number of carboxylic acid groups (broad SMARTS) is 1. The molecule has 4 nitrogen and oxygen atoms in total. The molecule has 1 heterocycles. The van der Waals surface area contributed by atoms with Gasteiger partial charge in [-0.3, -0.25) is 0 Å². The predicted molar refractivity (Wildman–Crippen MR) is 69.2 cm³/mol. The molecule has 0 bridgehead atoms. The van der Waals surface area contributed by atoms with E-state index in [1.807, 2.05) is 24.3 Å². The zero-order chi connectivity index (χ0) is 12.3. The van der Waals surface area contributed by atoms with Crippen molar-refractivity contribution in [2.75, 3.05) is 0 Å². The normalized spacial score (nSPS) is 10.2. The van der Waals surface area contributed by atoms with Crippen LogP contribution in [0, 0.1) is 3.57 Å². The predicted octanol–water partition coefficient (Wildman–Crippen LogP) is 3.16. The van der Waals surface area contributed by atoms with Gasteiger partial charge in [0.05, 0.1) is 5.56 Å². The van der Waals surface area contributed by atoms with Gasteiger partial charge < -0.3 is 14.3 Å². The van der Waals surface area contributed by atoms with Crippen molar-refractivity contribution in [3.8, 4) is 5.75 Å². The Balaban J connectivity index is 2.00. The summed E-state index contributed by atoms with van der Waals surface area (Å²) in [4.78, 5) is 10.6. The maximum Gasteiger partial charge on any atom is 0.338 e. The zero-order valence-electron chi connectivity index (χ0n) is 8.72. The fraction of sp³-hybridized carbons (Fsp3) is 0.0833. The molecule has 0 aliphatic rings. The molecule has 1 aromatic heterocycles. The van der Waals surface area contributed by atoms with Gasteiger partial charge in [0, 0.05) is 3.57 Å². The first-order valence-electron chi connectivity index (χ1n) is 4.84. The highest BCUT2D eigenvalue weighted by atomic mass is 127. The number of hydrogen-bond acceptors (Lipinski definition) is 3. The highest BCUT2D eigenvalue weighted by Gasteiger charge is 2.08. The molecule has 0 aliphatic heterocycles. The fourth-order valence-electron chi connectivity index (χ4n) is 1.28. The summed E-state index contributed by atoms with van der Waals surface area (Å²) >= 11 is 2.19. The Morgan fingerprint density at radius 1 is 1.41 bits per heavy atom. The molecule has 0 unspecified atom stereocenters. The van der Waals surface area contributed by atoms with Crippen molar-refractivity contribution in [3.63, 3.8) is 0 Å². The Morgan fingerprint density at radius 3 is 2.88 bits per heavy atom. The van der Waals surface area contributed by atoms with Crippen LogP contribution in [0.1, 0.15) is 16.1 Å². The molecule has 0 fully saturated rings. The minimum atomic E-state index is -1.01. The number of benzene rings is 1. The molecule has 0 saturated carbocycles. The van der Waals surface area contributed by atoms with E-state index in [0.717, 1.165) is 9.32 Å². The third-order valence-corrected chi connectivity index (χ3v) is 2.75. The maximum absolute atomic E-state index is 10.6. The van der Waals surface area contributed by atoms with Crippen LogP contribution in [0.5, 0.6) is 5.75 Å². The lowest BCUT2D eigenvalue weighted by atomic mass is 10.3. The Bertz CT molecular complexity index is 533. The molecule has 17 heavy (non-hydrogen) atoms. The van der Waals surface area contributed by atoms with Crippen LogP contribution < -0.4 is 4.74 Å². The van der Waals surface area contributed by atoms with Crippen LogP contribution in [0.4, 0.5) is 0 Å². The smallest absolute Gasteiger partial charge is 0.338 e. The number of ether oxygens (including phenoxy) is 1. The summed E-state index contributed by atoms with van der Waals surface area (Å²) in [7, 11) is 0. The van der Waals surface area contributed by atoms with Gasteiger partial charge in [0.15, 0.2) is 0 Å². The summed E-state index contributed by atoms with van der Waals surface area (Å²) < 4.78 is 11.6. The largest absolute Gasteiger partial charge is 0.486 e. The van der Waals surface area contributed by atoms with Crippen LogP contribution in [0.25, 0.3) is 0 Å². The first-order valence-corrected chi connectivity index (χ1v) is 5.92. The summed E-state index contributed by atoms with van der Waals surface area (Å²) in [6.07, 6.45) is 1.20. The van der Waals surface area contributed by atoms with Crippen molar-refractivity contribution in [2.45, 2.75) is 6.61 Å². The average molecular weight is 344 g/mol. The molecule has 1 N–H and O–H groups in total. The highest BCUT2D eigenvalue weighted by molar-refractivity contribution is 14.1. The lowest BCUT2D eigenvalue weighted by Gasteiger charge is -2.03. The monoisotopic (exact) mass is 344 g/mol. The van der Waals surface area contributed by atoms with Crippen LogP contribution in [-0.4, -0.2) is 11.1 Å². The molecule has 0 aliphatic carbocycles. The molecule has 0 saturated heterocycles. The van der Waals surface area contributed by atoms with E-state index in [1.165, 1.54) is 12.3 Å². The summed E-state index contributed by atoms with van der Waals surface area (Å²) in [6, 6.07) is 9.03. The van der Waals surface area contributed by atoms with Gasteiger partial charge in [0.25, 0.3) is 0 Å². The molecule has 0 radical (unpaired) electrons. The second kappa shape index (κ2) is 5.22. The van der Waals surface area contributed by atoms with E-state index >= 15 is 0 Å². The first kappa shape index (κ1) is 12.0. The van der Waals surface area contributed by atoms with Gasteiger partial charge in [-0.25, -0.2) is 4.79 Å². The SMILES string of the molecule is O=C(O)c1coc(COc2cccc(I)c2)c1. The summed E-state index contributed by atoms with van der Waals surface area (Å²) in [6.45, 7) is 0.216. The van der Waals surface area contributed by atoms with Crippen molar-refractivity contribution in [1.82, 2.24) is 0 Å². The molecule has 2 aromatic rings. The second-order valence-electron chi connectivity index (χ2n) is 3.35. The Hall–Kier alpha value is -1.50. The lowest BCUT2D eigenvalue weighted by molar-refractivity contribution is 0.0696. The topological polar surface area (TPSA) is 59.7 Å². The number of carboxylic acids is 1. The van der Waals surface area contributed by atoms with Gasteiger partial charge in [-0.1, -0.05) is 6.07 Å². The standard InChI is InChI=1S/C12H9IO4/c13-9-2-1-3-10(5-9)17-7-11-4-8(6-16-11)12(14)15/h1-6H,7H2,(H,14,15). The quantitative estimate of drug-likeness (QED) is 0.866. The number of rotatable bonds is 4. The van der Waals surface area contributed by atoms with Crippen LogP contribution >= 0.6 is 22.6 Å². The van der Waals surface area contributed by atoms with Gasteiger partial charge in [-0.05, 0) is 46.9 Å². The van der Waals surface area contributed by atoms with Gasteiger partial charge in [0.1, 0.15) is 24.4 Å². The summed E-state index contributed by atoms with van der Waals surface area (Å²) in [5, 5.41) is 8.72. The van der Waals surface area contributed by atoms with E-state index in [-0.39, 0.29) is 12.2 Å². The van der Waals surface area contributed by atoms with E-state index in [4.69, 9.17) is 14.3 Å². The van der Waals surface area contributed by atoms with E-state index < -0.39 is 5.97 Å². The molecule has 0 spiro atoms. The minimum absolute atomic E-state index is 0.131. The summed E-state index contributed by atoms with van der Waals surface area (Å²) in [5.74, 6) is 0.209. The fourth-order valence-corrected chi connectivity index (χ4v) is 1.79. The number of halogens is 1. The highest BCUT2D eigenvalue weighted by Crippen LogP contribution is 2.17. The van der Waals surface area contributed by atoms with Crippen molar-refractivity contribution >= 4 is 28.6 Å². The second-order valence-corrected chi connectivity index (χ2v) is 4.60. The Kier molecular flexibility index (Phi) is 3.68. The van der Waals surface area contributed by atoms with Gasteiger partial charge in [-0.15, -0.1) is 0 Å². The first-order chi connectivity index (χ1) is 8.15. The van der Waals surface area contributed by atoms with Crippen molar-refractivity contribution < 1.29 is 19.1 Å². The van der Waals surface area contributed by atoms with Crippen molar-refractivity contribution in [1.29, 1.82) is 0 Å². The average Bonchev–Trinajstić information content (AvgIpc) is 2.75. The van der Waals surface area contributed by atoms with Crippen LogP contribution in [0.2, 0.25) is 0 Å². The molecule has 0 amide bonds. The molecule has 0 atom stereocenters. The van der Waals surface area contributed by atoms with Crippen LogP contribution in [0.15, 0.2) is 41.0 Å². The van der Waals surface area contributed by atoms with E-state index in [2.05, 4.69) is 22.6 Å². The van der Waals surface area contributed by atoms with Crippen molar-refractivity contribution in [2.24, 2.45) is 0 Å². The van der Waals surface area contributed by atoms with Crippen LogP contribution in [-0.2, 0) is 6.61 Å². The number of aromatic carboxylic acids is 1.